The number of allylic oxidation sites excluding steroid dienone is 3. The van der Waals surface area contributed by atoms with Crippen LogP contribution in [0.25, 0.3) is 12.2 Å². The average Bonchev–Trinajstić information content (AvgIpc) is 3.67. The summed E-state index contributed by atoms with van der Waals surface area (Å²) in [6.45, 7) is 16.5. The molecule has 42 heavy (non-hydrogen) atoms. The number of nitrogens with one attached hydrogen (secondary N) is 2. The van der Waals surface area contributed by atoms with E-state index in [0.29, 0.717) is 42.8 Å². The number of nitrogens with zero attached hydrogens (tertiary/aromatic N) is 2. The monoisotopic (exact) mass is 570 g/mol. The maximum absolute atomic E-state index is 14.0. The van der Waals surface area contributed by atoms with E-state index in [2.05, 4.69) is 41.8 Å². The predicted octanol–water partition coefficient (Wildman–Crippen LogP) is 5.72. The lowest BCUT2D eigenvalue weighted by Crippen LogP contribution is -2.31. The Morgan fingerprint density at radius 3 is 1.74 bits per heavy atom. The molecule has 0 spiro atoms. The molecule has 2 aromatic heterocycles. The second-order valence-electron chi connectivity index (χ2n) is 11.1. The molecule has 0 unspecified atom stereocenters. The van der Waals surface area contributed by atoms with Crippen molar-refractivity contribution in [3.05, 3.63) is 61.6 Å². The van der Waals surface area contributed by atoms with Crippen molar-refractivity contribution in [2.45, 2.75) is 107 Å². The number of carbonyl (C=O) groups excluding carboxylic acids is 2. The predicted molar refractivity (Wildman–Crippen MR) is 172 cm³/mol. The number of carbonyl (C=O) groups is 2. The first-order chi connectivity index (χ1) is 20.2. The van der Waals surface area contributed by atoms with Gasteiger partial charge >= 0.3 is 0 Å². The highest BCUT2D eigenvalue weighted by Gasteiger charge is 2.46. The zero-order chi connectivity index (χ0) is 30.8. The van der Waals surface area contributed by atoms with Crippen LogP contribution in [0.3, 0.4) is 0 Å². The molecule has 0 radical (unpaired) electrons. The summed E-state index contributed by atoms with van der Waals surface area (Å²) in [6, 6.07) is 0. The lowest BCUT2D eigenvalue weighted by atomic mass is 9.75. The van der Waals surface area contributed by atoms with Gasteiger partial charge in [-0.1, -0.05) is 55.4 Å². The molecule has 7 nitrogen and oxygen atoms in total. The average molecular weight is 571 g/mol. The molecule has 0 bridgehead atoms. The van der Waals surface area contributed by atoms with Gasteiger partial charge in [0, 0.05) is 27.5 Å². The first-order valence-corrected chi connectivity index (χ1v) is 15.7. The summed E-state index contributed by atoms with van der Waals surface area (Å²) < 4.78 is 0. The molecule has 0 atom stereocenters. The Bertz CT molecular complexity index is 1650. The lowest BCUT2D eigenvalue weighted by Gasteiger charge is -2.25. The highest BCUT2D eigenvalue weighted by atomic mass is 16.3. The van der Waals surface area contributed by atoms with Gasteiger partial charge in [-0.3, -0.25) is 9.59 Å². The molecule has 4 rings (SSSR count). The first-order valence-electron chi connectivity index (χ1n) is 15.7. The fourth-order valence-electron chi connectivity index (χ4n) is 6.83. The zero-order valence-corrected chi connectivity index (χ0v) is 26.5. The Kier molecular flexibility index (Phi) is 9.39. The van der Waals surface area contributed by atoms with Crippen molar-refractivity contribution in [3.63, 3.8) is 0 Å². The molecular weight excluding hydrogens is 524 g/mol. The normalized spacial score (nSPS) is 18.7. The van der Waals surface area contributed by atoms with Crippen LogP contribution < -0.4 is 10.7 Å². The summed E-state index contributed by atoms with van der Waals surface area (Å²) in [4.78, 5) is 42.7. The van der Waals surface area contributed by atoms with Gasteiger partial charge in [0.25, 0.3) is 5.91 Å². The van der Waals surface area contributed by atoms with Crippen molar-refractivity contribution in [3.8, 4) is 5.88 Å². The van der Waals surface area contributed by atoms with Crippen molar-refractivity contribution in [2.75, 3.05) is 0 Å². The summed E-state index contributed by atoms with van der Waals surface area (Å²) in [5.41, 5.74) is 8.06. The second kappa shape index (κ2) is 12.6. The Hall–Kier alpha value is -3.74. The number of hydrogen-bond acceptors (Lipinski definition) is 4. The van der Waals surface area contributed by atoms with Crippen molar-refractivity contribution in [1.29, 1.82) is 0 Å². The molecule has 4 heterocycles. The lowest BCUT2D eigenvalue weighted by molar-refractivity contribution is -0.119. The molecule has 2 aromatic rings. The number of ketones is 1. The van der Waals surface area contributed by atoms with E-state index in [1.807, 2.05) is 46.8 Å². The zero-order valence-electron chi connectivity index (χ0n) is 26.5. The van der Waals surface area contributed by atoms with Crippen LogP contribution in [0, 0.1) is 5.41 Å². The fourth-order valence-corrected chi connectivity index (χ4v) is 6.83. The third kappa shape index (κ3) is 5.07. The van der Waals surface area contributed by atoms with Crippen LogP contribution in [0.2, 0.25) is 0 Å². The van der Waals surface area contributed by atoms with E-state index in [-0.39, 0.29) is 17.6 Å². The molecule has 224 valence electrons. The summed E-state index contributed by atoms with van der Waals surface area (Å²) in [5.74, 6) is 0.0632. The fraction of sp³-hybridized carbons (Fsp3) is 0.486. The van der Waals surface area contributed by atoms with Crippen molar-refractivity contribution in [1.82, 2.24) is 9.97 Å². The van der Waals surface area contributed by atoms with Gasteiger partial charge < -0.3 is 15.1 Å². The molecular formula is C35H46N4O3. The number of Topliss-reactive ketones (excluding diaryl/α,β-unsaturated/α-hetero) is 1. The van der Waals surface area contributed by atoms with Gasteiger partial charge in [-0.25, -0.2) is 9.98 Å². The minimum absolute atomic E-state index is 0.0109. The first kappa shape index (κ1) is 31.2. The van der Waals surface area contributed by atoms with Crippen molar-refractivity contribution >= 4 is 35.3 Å². The molecule has 0 saturated heterocycles. The van der Waals surface area contributed by atoms with E-state index < -0.39 is 5.41 Å². The molecule has 7 heteroatoms. The Morgan fingerprint density at radius 1 is 0.643 bits per heavy atom. The summed E-state index contributed by atoms with van der Waals surface area (Å²) in [5, 5.41) is 12.3. The van der Waals surface area contributed by atoms with Crippen LogP contribution in [0.1, 0.15) is 109 Å². The van der Waals surface area contributed by atoms with Crippen LogP contribution in [0.15, 0.2) is 32.9 Å². The van der Waals surface area contributed by atoms with Crippen LogP contribution in [0.4, 0.5) is 0 Å². The number of aliphatic imine (C=N–C) groups is 2. The van der Waals surface area contributed by atoms with Crippen LogP contribution in [0.5, 0.6) is 5.88 Å². The van der Waals surface area contributed by atoms with Crippen LogP contribution >= 0.6 is 0 Å². The van der Waals surface area contributed by atoms with E-state index in [9.17, 15) is 14.7 Å². The highest BCUT2D eigenvalue weighted by molar-refractivity contribution is 6.54. The Morgan fingerprint density at radius 2 is 1.21 bits per heavy atom. The second-order valence-corrected chi connectivity index (χ2v) is 11.1. The number of aromatic hydroxyl groups is 1. The largest absolute Gasteiger partial charge is 0.494 e. The molecule has 2 aliphatic heterocycles. The van der Waals surface area contributed by atoms with Crippen molar-refractivity contribution in [2.24, 2.45) is 15.4 Å². The van der Waals surface area contributed by atoms with Crippen LogP contribution in [-0.4, -0.2) is 38.2 Å². The summed E-state index contributed by atoms with van der Waals surface area (Å²) >= 11 is 0. The molecule has 0 fully saturated rings. The van der Waals surface area contributed by atoms with Gasteiger partial charge in [-0.05, 0) is 91.9 Å². The minimum atomic E-state index is -0.749. The van der Waals surface area contributed by atoms with Gasteiger partial charge in [0.05, 0.1) is 16.8 Å². The van der Waals surface area contributed by atoms with Gasteiger partial charge in [-0.15, -0.1) is 0 Å². The van der Waals surface area contributed by atoms with Gasteiger partial charge in [0.1, 0.15) is 5.71 Å². The molecule has 3 N–H and O–H groups in total. The Balaban J connectivity index is 1.91. The third-order valence-corrected chi connectivity index (χ3v) is 9.24. The SMILES string of the molecule is CCC1=C(CC)C(/C=C2N=C(/C=c3\[nH]/c(=C\c4[nH]c(O)c(CC)c4CC)c(CC)c3CC)C(=O)C\2(CC)CC)=NC1=O. The number of H-pyrrole nitrogens is 2. The van der Waals surface area contributed by atoms with Gasteiger partial charge in [0.15, 0.2) is 11.7 Å². The standard InChI is InChI=1S/C35H46N4O3/c1-9-20-21(10-2)27(36-26(20)17-28-22(11-3)24(13-5)33(41)38-28)18-30-32(40)35(15-7,16-8)31(37-30)19-29-23(12-4)25(14-6)34(42)39-29/h17-19,36,38,41H,9-16H2,1-8H3/b26-17-,27-18-,31-19-. The highest BCUT2D eigenvalue weighted by Crippen LogP contribution is 2.43. The number of aromatic nitrogens is 2. The molecule has 0 aromatic carbocycles. The number of amides is 1. The maximum Gasteiger partial charge on any atom is 0.273 e. The Labute approximate surface area is 249 Å². The molecule has 2 aliphatic rings. The van der Waals surface area contributed by atoms with Gasteiger partial charge in [-0.2, -0.15) is 0 Å². The smallest absolute Gasteiger partial charge is 0.273 e. The van der Waals surface area contributed by atoms with E-state index in [0.717, 1.165) is 69.9 Å². The quantitative estimate of drug-likeness (QED) is 0.321. The third-order valence-electron chi connectivity index (χ3n) is 9.24. The van der Waals surface area contributed by atoms with E-state index >= 15 is 0 Å². The van der Waals surface area contributed by atoms with Crippen LogP contribution in [-0.2, 0) is 35.3 Å². The number of hydrogen-bond donors (Lipinski definition) is 3. The number of aromatic amines is 2. The van der Waals surface area contributed by atoms with Crippen molar-refractivity contribution < 1.29 is 14.7 Å². The van der Waals surface area contributed by atoms with E-state index in [1.165, 1.54) is 5.56 Å². The topological polar surface area (TPSA) is 111 Å². The maximum atomic E-state index is 14.0. The summed E-state index contributed by atoms with van der Waals surface area (Å²) in [6.07, 6.45) is 11.6. The summed E-state index contributed by atoms with van der Waals surface area (Å²) in [7, 11) is 0. The van der Waals surface area contributed by atoms with Gasteiger partial charge in [0.2, 0.25) is 0 Å². The molecule has 0 aliphatic carbocycles. The molecule has 0 saturated carbocycles. The number of rotatable bonds is 11. The van der Waals surface area contributed by atoms with E-state index in [4.69, 9.17) is 4.99 Å². The molecule has 1 amide bonds. The van der Waals surface area contributed by atoms with E-state index in [1.54, 1.807) is 0 Å². The minimum Gasteiger partial charge on any atom is -0.494 e.